The van der Waals surface area contributed by atoms with Crippen LogP contribution in [0, 0.1) is 6.92 Å². The molecule has 3 nitrogen and oxygen atoms in total. The van der Waals surface area contributed by atoms with Crippen LogP contribution in [-0.2, 0) is 28.3 Å². The number of hydrogen-bond acceptors (Lipinski definition) is 3. The predicted octanol–water partition coefficient (Wildman–Crippen LogP) is 7.23. The van der Waals surface area contributed by atoms with Crippen molar-refractivity contribution in [3.63, 3.8) is 0 Å². The highest BCUT2D eigenvalue weighted by molar-refractivity contribution is 8.14. The molecular formula is C26H28F3NO2S. The zero-order chi connectivity index (χ0) is 24.3. The van der Waals surface area contributed by atoms with Crippen molar-refractivity contribution in [1.29, 1.82) is 0 Å². The Morgan fingerprint density at radius 3 is 2.06 bits per heavy atom. The maximum absolute atomic E-state index is 14.2. The van der Waals surface area contributed by atoms with E-state index in [0.29, 0.717) is 16.7 Å². The van der Waals surface area contributed by atoms with Crippen LogP contribution in [0.5, 0.6) is 0 Å². The van der Waals surface area contributed by atoms with Crippen LogP contribution in [-0.4, -0.2) is 21.8 Å². The number of carbonyl (C=O) groups is 2. The minimum atomic E-state index is -4.49. The molecule has 1 heterocycles. The van der Waals surface area contributed by atoms with Crippen molar-refractivity contribution in [2.75, 3.05) is 5.75 Å². The molecule has 0 saturated carbocycles. The van der Waals surface area contributed by atoms with Crippen LogP contribution in [0.3, 0.4) is 0 Å². The summed E-state index contributed by atoms with van der Waals surface area (Å²) in [6.07, 6.45) is -2.74. The highest BCUT2D eigenvalue weighted by Crippen LogP contribution is 2.50. The summed E-state index contributed by atoms with van der Waals surface area (Å²) in [6, 6.07) is 8.26. The molecule has 1 aliphatic heterocycles. The first-order valence-electron chi connectivity index (χ1n) is 11.0. The van der Waals surface area contributed by atoms with Crippen molar-refractivity contribution in [1.82, 2.24) is 4.90 Å². The quantitative estimate of drug-likeness (QED) is 0.470. The molecule has 2 aromatic carbocycles. The van der Waals surface area contributed by atoms with Gasteiger partial charge in [0.25, 0.3) is 5.24 Å². The summed E-state index contributed by atoms with van der Waals surface area (Å²) in [6.45, 7) is 10.1. The summed E-state index contributed by atoms with van der Waals surface area (Å²) >= 11 is 0.967. The number of thioether (sulfide) groups is 1. The smallest absolute Gasteiger partial charge is 0.273 e. The second-order valence-electron chi connectivity index (χ2n) is 10.4. The van der Waals surface area contributed by atoms with E-state index >= 15 is 0 Å². The molecule has 1 saturated heterocycles. The van der Waals surface area contributed by atoms with Gasteiger partial charge < -0.3 is 0 Å². The summed E-state index contributed by atoms with van der Waals surface area (Å²) in [5.41, 5.74) is 2.67. The van der Waals surface area contributed by atoms with E-state index in [9.17, 15) is 22.8 Å². The Bertz CT molecular complexity index is 1130. The second kappa shape index (κ2) is 7.90. The van der Waals surface area contributed by atoms with Crippen molar-refractivity contribution in [3.8, 4) is 11.1 Å². The van der Waals surface area contributed by atoms with Crippen molar-refractivity contribution >= 4 is 22.9 Å². The fraction of sp³-hybridized carbons (Fsp3) is 0.462. The van der Waals surface area contributed by atoms with Crippen molar-refractivity contribution < 1.29 is 22.8 Å². The highest BCUT2D eigenvalue weighted by atomic mass is 32.2. The van der Waals surface area contributed by atoms with E-state index in [2.05, 4.69) is 13.8 Å². The van der Waals surface area contributed by atoms with Gasteiger partial charge in [-0.3, -0.25) is 14.5 Å². The van der Waals surface area contributed by atoms with E-state index < -0.39 is 11.7 Å². The SMILES string of the molecule is Cc1cc(CN2C(=O)CSC2=O)ccc1-c1cc2c(cc1C(F)(F)F)C(C)(C)CCC2(C)C. The Kier molecular flexibility index (Phi) is 5.71. The summed E-state index contributed by atoms with van der Waals surface area (Å²) in [4.78, 5) is 25.0. The third-order valence-electron chi connectivity index (χ3n) is 7.06. The highest BCUT2D eigenvalue weighted by Gasteiger charge is 2.42. The van der Waals surface area contributed by atoms with Crippen LogP contribution in [0.4, 0.5) is 18.0 Å². The molecule has 0 atom stereocenters. The number of carbonyl (C=O) groups excluding carboxylic acids is 2. The molecule has 0 unspecified atom stereocenters. The Balaban J connectivity index is 1.83. The molecule has 176 valence electrons. The van der Waals surface area contributed by atoms with Gasteiger partial charge >= 0.3 is 6.18 Å². The number of rotatable bonds is 3. The molecular weight excluding hydrogens is 447 g/mol. The van der Waals surface area contributed by atoms with Gasteiger partial charge in [0.1, 0.15) is 0 Å². The van der Waals surface area contributed by atoms with E-state index in [1.807, 2.05) is 13.8 Å². The van der Waals surface area contributed by atoms with E-state index in [4.69, 9.17) is 0 Å². The zero-order valence-corrected chi connectivity index (χ0v) is 20.3. The van der Waals surface area contributed by atoms with E-state index in [1.165, 1.54) is 11.0 Å². The normalized spacial score (nSPS) is 19.7. The number of amides is 2. The standard InChI is InChI=1S/C26H28F3NO2S/c1-15-10-16(13-30-22(31)14-33-23(30)32)6-7-17(15)18-11-20-21(12-19(18)26(27,28)29)25(4,5)9-8-24(20,2)3/h6-7,10-12H,8-9,13-14H2,1-5H3. The molecule has 33 heavy (non-hydrogen) atoms. The lowest BCUT2D eigenvalue weighted by Crippen LogP contribution is -2.34. The largest absolute Gasteiger partial charge is 0.417 e. The first-order chi connectivity index (χ1) is 15.2. The number of aryl methyl sites for hydroxylation is 1. The van der Waals surface area contributed by atoms with Gasteiger partial charge in [0.05, 0.1) is 17.9 Å². The van der Waals surface area contributed by atoms with Crippen molar-refractivity contribution in [2.45, 2.75) is 71.0 Å². The number of halogens is 3. The van der Waals surface area contributed by atoms with Gasteiger partial charge in [0, 0.05) is 0 Å². The fourth-order valence-corrected chi connectivity index (χ4v) is 5.64. The summed E-state index contributed by atoms with van der Waals surface area (Å²) in [5.74, 6) is -0.114. The minimum absolute atomic E-state index is 0.128. The molecule has 0 radical (unpaired) electrons. The second-order valence-corrected chi connectivity index (χ2v) is 11.3. The molecule has 0 aromatic heterocycles. The third-order valence-corrected chi connectivity index (χ3v) is 7.92. The Morgan fingerprint density at radius 1 is 0.939 bits per heavy atom. The summed E-state index contributed by atoms with van der Waals surface area (Å²) in [5, 5.41) is -0.291. The number of nitrogens with zero attached hydrogens (tertiary/aromatic N) is 1. The number of hydrogen-bond donors (Lipinski definition) is 0. The molecule has 1 fully saturated rings. The van der Waals surface area contributed by atoms with Crippen LogP contribution >= 0.6 is 11.8 Å². The van der Waals surface area contributed by atoms with Gasteiger partial charge in [0.15, 0.2) is 0 Å². The van der Waals surface area contributed by atoms with Crippen LogP contribution in [0.25, 0.3) is 11.1 Å². The van der Waals surface area contributed by atoms with Crippen LogP contribution in [0.2, 0.25) is 0 Å². The summed E-state index contributed by atoms with van der Waals surface area (Å²) < 4.78 is 42.7. The van der Waals surface area contributed by atoms with E-state index in [-0.39, 0.29) is 39.8 Å². The van der Waals surface area contributed by atoms with Crippen LogP contribution in [0.1, 0.15) is 68.4 Å². The van der Waals surface area contributed by atoms with Crippen molar-refractivity contribution in [2.24, 2.45) is 0 Å². The Labute approximate surface area is 196 Å². The maximum Gasteiger partial charge on any atom is 0.417 e. The molecule has 1 aliphatic carbocycles. The molecule has 2 aliphatic rings. The number of benzene rings is 2. The maximum atomic E-state index is 14.2. The number of imide groups is 1. The predicted molar refractivity (Wildman–Crippen MR) is 125 cm³/mol. The Hall–Kier alpha value is -2.28. The van der Waals surface area contributed by atoms with Crippen molar-refractivity contribution in [3.05, 3.63) is 58.1 Å². The average Bonchev–Trinajstić information content (AvgIpc) is 3.02. The average molecular weight is 476 g/mol. The molecule has 7 heteroatoms. The lowest BCUT2D eigenvalue weighted by molar-refractivity contribution is -0.137. The summed E-state index contributed by atoms with van der Waals surface area (Å²) in [7, 11) is 0. The molecule has 0 spiro atoms. The zero-order valence-electron chi connectivity index (χ0n) is 19.5. The molecule has 2 aromatic rings. The molecule has 2 amide bonds. The van der Waals surface area contributed by atoms with Crippen LogP contribution < -0.4 is 0 Å². The molecule has 0 N–H and O–H groups in total. The van der Waals surface area contributed by atoms with Gasteiger partial charge in [-0.1, -0.05) is 57.7 Å². The lowest BCUT2D eigenvalue weighted by atomic mass is 9.62. The molecule has 0 bridgehead atoms. The van der Waals surface area contributed by atoms with Gasteiger partial charge in [0.2, 0.25) is 5.91 Å². The van der Waals surface area contributed by atoms with Gasteiger partial charge in [-0.15, -0.1) is 0 Å². The van der Waals surface area contributed by atoms with Gasteiger partial charge in [-0.25, -0.2) is 0 Å². The molecule has 4 rings (SSSR count). The number of alkyl halides is 3. The lowest BCUT2D eigenvalue weighted by Gasteiger charge is -2.42. The number of fused-ring (bicyclic) bond motifs is 1. The first kappa shape index (κ1) is 23.9. The first-order valence-corrected chi connectivity index (χ1v) is 12.0. The van der Waals surface area contributed by atoms with Gasteiger partial charge in [-0.2, -0.15) is 13.2 Å². The monoisotopic (exact) mass is 475 g/mol. The fourth-order valence-electron chi connectivity index (χ4n) is 4.91. The minimum Gasteiger partial charge on any atom is -0.273 e. The van der Waals surface area contributed by atoms with E-state index in [0.717, 1.165) is 35.7 Å². The topological polar surface area (TPSA) is 37.4 Å². The van der Waals surface area contributed by atoms with Gasteiger partial charge in [-0.05, 0) is 76.1 Å². The Morgan fingerprint density at radius 2 is 1.55 bits per heavy atom. The van der Waals surface area contributed by atoms with E-state index in [1.54, 1.807) is 31.2 Å². The third kappa shape index (κ3) is 4.32. The van der Waals surface area contributed by atoms with Crippen LogP contribution in [0.15, 0.2) is 30.3 Å².